The van der Waals surface area contributed by atoms with Crippen LogP contribution in [0, 0.1) is 6.92 Å². The van der Waals surface area contributed by atoms with Gasteiger partial charge in [0, 0.05) is 12.0 Å². The molecule has 136 valence electrons. The summed E-state index contributed by atoms with van der Waals surface area (Å²) in [5.41, 5.74) is 2.63. The third kappa shape index (κ3) is 3.80. The molecule has 2 aliphatic heterocycles. The molecule has 2 aliphatic rings. The summed E-state index contributed by atoms with van der Waals surface area (Å²) in [5, 5.41) is 0. The van der Waals surface area contributed by atoms with E-state index in [9.17, 15) is 4.79 Å². The molecule has 0 radical (unpaired) electrons. The zero-order chi connectivity index (χ0) is 17.9. The molecule has 4 rings (SSSR count). The lowest BCUT2D eigenvalue weighted by Gasteiger charge is -2.41. The molecule has 26 heavy (non-hydrogen) atoms. The lowest BCUT2D eigenvalue weighted by atomic mass is 10.0. The van der Waals surface area contributed by atoms with E-state index in [0.29, 0.717) is 25.2 Å². The summed E-state index contributed by atoms with van der Waals surface area (Å²) >= 11 is 0. The van der Waals surface area contributed by atoms with E-state index in [2.05, 4.69) is 0 Å². The Bertz CT molecular complexity index is 743. The second-order valence-corrected chi connectivity index (χ2v) is 6.75. The van der Waals surface area contributed by atoms with Gasteiger partial charge in [0.2, 0.25) is 0 Å². The van der Waals surface area contributed by atoms with Crippen molar-refractivity contribution < 1.29 is 23.7 Å². The Kier molecular flexibility index (Phi) is 5.02. The molecule has 0 bridgehead atoms. The van der Waals surface area contributed by atoms with Gasteiger partial charge in [-0.25, -0.2) is 4.79 Å². The summed E-state index contributed by atoms with van der Waals surface area (Å²) in [6.07, 6.45) is -0.399. The number of carbonyl (C=O) groups is 1. The van der Waals surface area contributed by atoms with Crippen molar-refractivity contribution in [2.45, 2.75) is 37.9 Å². The summed E-state index contributed by atoms with van der Waals surface area (Å²) in [6.45, 7) is 2.82. The lowest BCUT2D eigenvalue weighted by molar-refractivity contribution is -0.287. The summed E-state index contributed by atoms with van der Waals surface area (Å²) in [6, 6.07) is 17.2. The van der Waals surface area contributed by atoms with Crippen molar-refractivity contribution in [1.82, 2.24) is 0 Å². The zero-order valence-electron chi connectivity index (χ0n) is 14.7. The first-order valence-corrected chi connectivity index (χ1v) is 8.90. The first-order chi connectivity index (χ1) is 12.7. The number of ether oxygens (including phenoxy) is 4. The Morgan fingerprint density at radius 2 is 1.73 bits per heavy atom. The molecule has 2 saturated heterocycles. The number of hydrogen-bond donors (Lipinski definition) is 0. The van der Waals surface area contributed by atoms with Crippen molar-refractivity contribution in [3.8, 4) is 0 Å². The minimum absolute atomic E-state index is 0.121. The van der Waals surface area contributed by atoms with Crippen LogP contribution in [0.5, 0.6) is 0 Å². The maximum Gasteiger partial charge on any atom is 0.338 e. The molecule has 5 nitrogen and oxygen atoms in total. The Morgan fingerprint density at radius 3 is 2.50 bits per heavy atom. The summed E-state index contributed by atoms with van der Waals surface area (Å²) < 4.78 is 23.3. The van der Waals surface area contributed by atoms with E-state index < -0.39 is 6.29 Å². The molecule has 4 atom stereocenters. The number of hydrogen-bond acceptors (Lipinski definition) is 5. The fourth-order valence-corrected chi connectivity index (χ4v) is 3.27. The molecular weight excluding hydrogens is 332 g/mol. The minimum atomic E-state index is -0.410. The molecule has 0 saturated carbocycles. The van der Waals surface area contributed by atoms with Crippen LogP contribution in [0.1, 0.15) is 34.2 Å². The summed E-state index contributed by atoms with van der Waals surface area (Å²) in [5.74, 6) is -0.330. The van der Waals surface area contributed by atoms with Gasteiger partial charge in [-0.2, -0.15) is 0 Å². The largest absolute Gasteiger partial charge is 0.456 e. The molecule has 0 aromatic heterocycles. The summed E-state index contributed by atoms with van der Waals surface area (Å²) in [4.78, 5) is 12.3. The highest BCUT2D eigenvalue weighted by atomic mass is 16.7. The van der Waals surface area contributed by atoms with Crippen LogP contribution < -0.4 is 0 Å². The van der Waals surface area contributed by atoms with E-state index >= 15 is 0 Å². The quantitative estimate of drug-likeness (QED) is 0.791. The van der Waals surface area contributed by atoms with Gasteiger partial charge in [0.25, 0.3) is 0 Å². The van der Waals surface area contributed by atoms with E-state index in [1.807, 2.05) is 49.4 Å². The van der Waals surface area contributed by atoms with Crippen LogP contribution in [0.4, 0.5) is 0 Å². The number of carbonyl (C=O) groups excluding carboxylic acids is 1. The predicted octanol–water partition coefficient (Wildman–Crippen LogP) is 3.42. The van der Waals surface area contributed by atoms with Gasteiger partial charge in [0.1, 0.15) is 12.2 Å². The highest BCUT2D eigenvalue weighted by Crippen LogP contribution is 2.32. The number of rotatable bonds is 3. The van der Waals surface area contributed by atoms with Crippen LogP contribution in [0.25, 0.3) is 0 Å². The van der Waals surface area contributed by atoms with Crippen molar-refractivity contribution in [3.63, 3.8) is 0 Å². The smallest absolute Gasteiger partial charge is 0.338 e. The normalized spacial score (nSPS) is 28.2. The van der Waals surface area contributed by atoms with Crippen molar-refractivity contribution in [3.05, 3.63) is 71.3 Å². The average Bonchev–Trinajstić information content (AvgIpc) is 2.68. The third-order valence-corrected chi connectivity index (χ3v) is 4.75. The molecule has 0 aliphatic carbocycles. The van der Waals surface area contributed by atoms with E-state index in [1.165, 1.54) is 0 Å². The molecule has 5 heteroatoms. The average molecular weight is 354 g/mol. The predicted molar refractivity (Wildman–Crippen MR) is 94.7 cm³/mol. The van der Waals surface area contributed by atoms with Gasteiger partial charge < -0.3 is 18.9 Å². The Morgan fingerprint density at radius 1 is 0.962 bits per heavy atom. The van der Waals surface area contributed by atoms with Gasteiger partial charge in [0.05, 0.1) is 24.9 Å². The minimum Gasteiger partial charge on any atom is -0.456 e. The Labute approximate surface area is 152 Å². The molecular formula is C21H22O5. The number of aryl methyl sites for hydroxylation is 1. The molecule has 2 heterocycles. The van der Waals surface area contributed by atoms with E-state index in [-0.39, 0.29) is 24.3 Å². The Hall–Kier alpha value is -2.21. The fraction of sp³-hybridized carbons (Fsp3) is 0.381. The number of esters is 1. The van der Waals surface area contributed by atoms with Crippen LogP contribution in [-0.2, 0) is 18.9 Å². The van der Waals surface area contributed by atoms with Crippen molar-refractivity contribution in [2.24, 2.45) is 0 Å². The zero-order valence-corrected chi connectivity index (χ0v) is 14.7. The maximum atomic E-state index is 12.3. The first-order valence-electron chi connectivity index (χ1n) is 8.90. The number of benzene rings is 2. The van der Waals surface area contributed by atoms with Crippen LogP contribution in [0.2, 0.25) is 0 Å². The molecule has 2 aromatic carbocycles. The van der Waals surface area contributed by atoms with Crippen LogP contribution >= 0.6 is 0 Å². The van der Waals surface area contributed by atoms with Gasteiger partial charge in [-0.15, -0.1) is 0 Å². The molecule has 0 amide bonds. The van der Waals surface area contributed by atoms with Gasteiger partial charge in [0.15, 0.2) is 6.29 Å². The molecule has 0 N–H and O–H groups in total. The van der Waals surface area contributed by atoms with Crippen LogP contribution in [-0.4, -0.2) is 37.5 Å². The van der Waals surface area contributed by atoms with Crippen molar-refractivity contribution in [1.29, 1.82) is 0 Å². The molecule has 2 fully saturated rings. The Balaban J connectivity index is 1.37. The summed E-state index contributed by atoms with van der Waals surface area (Å²) in [7, 11) is 0. The standard InChI is InChI=1S/C21H22O5/c1-14-7-9-15(10-8-14)20(22)25-17-11-18-19(23-12-17)13-24-21(26-18)16-5-3-2-4-6-16/h2-10,17-19,21H,11-13H2,1H3/t17-,18+,19-,21-/m1/s1. The molecule has 2 aromatic rings. The van der Waals surface area contributed by atoms with Crippen LogP contribution in [0.15, 0.2) is 54.6 Å². The second-order valence-electron chi connectivity index (χ2n) is 6.75. The maximum absolute atomic E-state index is 12.3. The third-order valence-electron chi connectivity index (χ3n) is 4.75. The van der Waals surface area contributed by atoms with Crippen LogP contribution in [0.3, 0.4) is 0 Å². The van der Waals surface area contributed by atoms with Gasteiger partial charge >= 0.3 is 5.97 Å². The van der Waals surface area contributed by atoms with E-state index in [4.69, 9.17) is 18.9 Å². The highest BCUT2D eigenvalue weighted by Gasteiger charge is 2.39. The van der Waals surface area contributed by atoms with E-state index in [0.717, 1.165) is 11.1 Å². The van der Waals surface area contributed by atoms with Gasteiger partial charge in [-0.1, -0.05) is 48.0 Å². The second kappa shape index (κ2) is 7.58. The number of fused-ring (bicyclic) bond motifs is 1. The monoisotopic (exact) mass is 354 g/mol. The van der Waals surface area contributed by atoms with E-state index in [1.54, 1.807) is 12.1 Å². The SMILES string of the molecule is Cc1ccc(C(=O)O[C@H]2CO[C@@H]3CO[C@@H](c4ccccc4)O[C@H]3C2)cc1. The first kappa shape index (κ1) is 17.2. The van der Waals surface area contributed by atoms with Gasteiger partial charge in [-0.05, 0) is 19.1 Å². The topological polar surface area (TPSA) is 54.0 Å². The van der Waals surface area contributed by atoms with Crippen molar-refractivity contribution in [2.75, 3.05) is 13.2 Å². The molecule has 0 unspecified atom stereocenters. The lowest BCUT2D eigenvalue weighted by Crippen LogP contribution is -2.50. The van der Waals surface area contributed by atoms with Gasteiger partial charge in [-0.3, -0.25) is 0 Å². The fourth-order valence-electron chi connectivity index (χ4n) is 3.27. The van der Waals surface area contributed by atoms with Crippen molar-refractivity contribution >= 4 is 5.97 Å². The highest BCUT2D eigenvalue weighted by molar-refractivity contribution is 5.89. The molecule has 0 spiro atoms.